The van der Waals surface area contributed by atoms with E-state index in [4.69, 9.17) is 10.5 Å². The lowest BCUT2D eigenvalue weighted by molar-refractivity contribution is -0.000970. The van der Waals surface area contributed by atoms with Crippen molar-refractivity contribution in [2.45, 2.75) is 32.8 Å². The Hall–Kier alpha value is -1.02. The lowest BCUT2D eigenvalue weighted by Gasteiger charge is -2.19. The summed E-state index contributed by atoms with van der Waals surface area (Å²) in [6, 6.07) is 7.93. The summed E-state index contributed by atoms with van der Waals surface area (Å²) < 4.78 is 5.63. The molecule has 2 nitrogen and oxygen atoms in total. The van der Waals surface area contributed by atoms with Gasteiger partial charge in [0.05, 0.1) is 12.2 Å². The first-order valence-corrected chi connectivity index (χ1v) is 4.96. The summed E-state index contributed by atoms with van der Waals surface area (Å²) in [4.78, 5) is 0. The molecule has 1 aromatic rings. The Balaban J connectivity index is 2.39. The molecule has 0 bridgehead atoms. The average molecular weight is 193 g/mol. The molecule has 2 heteroatoms. The average Bonchev–Trinajstić information content (AvgIpc) is 2.01. The standard InChI is InChI=1S/C12H19NO/c1-12(2,3)14-8-7-10-5-4-6-11(13)9-10/h4-6,9H,7-8,13H2,1-3H3. The van der Waals surface area contributed by atoms with Crippen LogP contribution in [0.15, 0.2) is 24.3 Å². The zero-order valence-corrected chi connectivity index (χ0v) is 9.21. The molecule has 14 heavy (non-hydrogen) atoms. The molecule has 1 rings (SSSR count). The van der Waals surface area contributed by atoms with E-state index in [-0.39, 0.29) is 5.60 Å². The number of benzene rings is 1. The van der Waals surface area contributed by atoms with Gasteiger partial charge in [0.1, 0.15) is 0 Å². The van der Waals surface area contributed by atoms with Crippen LogP contribution in [0.25, 0.3) is 0 Å². The Morgan fingerprint density at radius 3 is 2.57 bits per heavy atom. The number of rotatable bonds is 3. The molecule has 0 spiro atoms. The van der Waals surface area contributed by atoms with E-state index in [0.29, 0.717) is 0 Å². The molecule has 78 valence electrons. The van der Waals surface area contributed by atoms with E-state index in [1.807, 2.05) is 18.2 Å². The lowest BCUT2D eigenvalue weighted by Crippen LogP contribution is -2.20. The fraction of sp³-hybridized carbons (Fsp3) is 0.500. The largest absolute Gasteiger partial charge is 0.399 e. The number of hydrogen-bond donors (Lipinski definition) is 1. The minimum Gasteiger partial charge on any atom is -0.399 e. The van der Waals surface area contributed by atoms with Crippen molar-refractivity contribution in [2.75, 3.05) is 12.3 Å². The molecule has 0 saturated heterocycles. The molecule has 0 amide bonds. The first kappa shape index (κ1) is 11.1. The summed E-state index contributed by atoms with van der Waals surface area (Å²) in [6.07, 6.45) is 0.919. The summed E-state index contributed by atoms with van der Waals surface area (Å²) in [5.41, 5.74) is 7.67. The highest BCUT2D eigenvalue weighted by Gasteiger charge is 2.09. The zero-order valence-electron chi connectivity index (χ0n) is 9.21. The van der Waals surface area contributed by atoms with E-state index in [1.165, 1.54) is 5.56 Å². The SMILES string of the molecule is CC(C)(C)OCCc1cccc(N)c1. The van der Waals surface area contributed by atoms with E-state index >= 15 is 0 Å². The van der Waals surface area contributed by atoms with E-state index in [2.05, 4.69) is 26.8 Å². The van der Waals surface area contributed by atoms with E-state index in [9.17, 15) is 0 Å². The van der Waals surface area contributed by atoms with Gasteiger partial charge in [-0.05, 0) is 44.9 Å². The van der Waals surface area contributed by atoms with Crippen LogP contribution in [0.4, 0.5) is 5.69 Å². The van der Waals surface area contributed by atoms with Gasteiger partial charge in [0.15, 0.2) is 0 Å². The highest BCUT2D eigenvalue weighted by atomic mass is 16.5. The van der Waals surface area contributed by atoms with E-state index < -0.39 is 0 Å². The minimum absolute atomic E-state index is 0.0552. The van der Waals surface area contributed by atoms with Crippen LogP contribution >= 0.6 is 0 Å². The highest BCUT2D eigenvalue weighted by molar-refractivity contribution is 5.40. The van der Waals surface area contributed by atoms with Gasteiger partial charge in [-0.2, -0.15) is 0 Å². The first-order valence-electron chi connectivity index (χ1n) is 4.96. The quantitative estimate of drug-likeness (QED) is 0.749. The van der Waals surface area contributed by atoms with Crippen molar-refractivity contribution in [3.8, 4) is 0 Å². The van der Waals surface area contributed by atoms with Crippen LogP contribution in [0.3, 0.4) is 0 Å². The second kappa shape index (κ2) is 4.47. The van der Waals surface area contributed by atoms with Gasteiger partial charge in [-0.3, -0.25) is 0 Å². The molecule has 0 unspecified atom stereocenters. The molecule has 0 saturated carbocycles. The molecule has 0 atom stereocenters. The van der Waals surface area contributed by atoms with E-state index in [1.54, 1.807) is 0 Å². The molecular weight excluding hydrogens is 174 g/mol. The Morgan fingerprint density at radius 1 is 1.29 bits per heavy atom. The highest BCUT2D eigenvalue weighted by Crippen LogP contribution is 2.10. The number of anilines is 1. The topological polar surface area (TPSA) is 35.2 Å². The number of hydrogen-bond acceptors (Lipinski definition) is 2. The molecule has 0 aromatic heterocycles. The van der Waals surface area contributed by atoms with Crippen LogP contribution in [-0.4, -0.2) is 12.2 Å². The smallest absolute Gasteiger partial charge is 0.0598 e. The number of nitrogens with two attached hydrogens (primary N) is 1. The van der Waals surface area contributed by atoms with Gasteiger partial charge in [-0.1, -0.05) is 12.1 Å². The Labute approximate surface area is 86.1 Å². The summed E-state index contributed by atoms with van der Waals surface area (Å²) >= 11 is 0. The van der Waals surface area contributed by atoms with Crippen LogP contribution in [0.1, 0.15) is 26.3 Å². The van der Waals surface area contributed by atoms with Crippen LogP contribution in [0.2, 0.25) is 0 Å². The molecule has 0 aliphatic heterocycles. The fourth-order valence-corrected chi connectivity index (χ4v) is 1.22. The van der Waals surface area contributed by atoms with Gasteiger partial charge >= 0.3 is 0 Å². The van der Waals surface area contributed by atoms with Crippen molar-refractivity contribution in [2.24, 2.45) is 0 Å². The Kier molecular flexibility index (Phi) is 3.53. The zero-order chi connectivity index (χ0) is 10.6. The maximum absolute atomic E-state index is 5.68. The second-order valence-corrected chi connectivity index (χ2v) is 4.46. The van der Waals surface area contributed by atoms with Gasteiger partial charge in [0, 0.05) is 5.69 Å². The van der Waals surface area contributed by atoms with Crippen molar-refractivity contribution < 1.29 is 4.74 Å². The minimum atomic E-state index is -0.0552. The third-order valence-corrected chi connectivity index (χ3v) is 1.88. The van der Waals surface area contributed by atoms with Gasteiger partial charge in [0.25, 0.3) is 0 Å². The van der Waals surface area contributed by atoms with Crippen molar-refractivity contribution >= 4 is 5.69 Å². The molecule has 2 N–H and O–H groups in total. The van der Waals surface area contributed by atoms with Crippen LogP contribution < -0.4 is 5.73 Å². The lowest BCUT2D eigenvalue weighted by atomic mass is 10.1. The maximum Gasteiger partial charge on any atom is 0.0598 e. The van der Waals surface area contributed by atoms with Crippen LogP contribution in [0.5, 0.6) is 0 Å². The molecule has 0 heterocycles. The third-order valence-electron chi connectivity index (χ3n) is 1.88. The molecule has 1 aromatic carbocycles. The summed E-state index contributed by atoms with van der Waals surface area (Å²) in [6.45, 7) is 6.93. The van der Waals surface area contributed by atoms with Crippen LogP contribution in [0, 0.1) is 0 Å². The molecule has 0 aliphatic rings. The third kappa shape index (κ3) is 4.28. The second-order valence-electron chi connectivity index (χ2n) is 4.46. The monoisotopic (exact) mass is 193 g/mol. The Bertz CT molecular complexity index is 289. The molecule has 0 aliphatic carbocycles. The number of nitrogen functional groups attached to an aromatic ring is 1. The molecule has 0 fully saturated rings. The van der Waals surface area contributed by atoms with Crippen molar-refractivity contribution in [3.63, 3.8) is 0 Å². The van der Waals surface area contributed by atoms with Gasteiger partial charge in [0.2, 0.25) is 0 Å². The van der Waals surface area contributed by atoms with E-state index in [0.717, 1.165) is 18.7 Å². The molecule has 0 radical (unpaired) electrons. The first-order chi connectivity index (χ1) is 6.47. The summed E-state index contributed by atoms with van der Waals surface area (Å²) in [7, 11) is 0. The van der Waals surface area contributed by atoms with Crippen LogP contribution in [-0.2, 0) is 11.2 Å². The normalized spacial score (nSPS) is 11.6. The van der Waals surface area contributed by atoms with Gasteiger partial charge in [-0.15, -0.1) is 0 Å². The maximum atomic E-state index is 5.68. The molecular formula is C12H19NO. The van der Waals surface area contributed by atoms with Crippen molar-refractivity contribution in [3.05, 3.63) is 29.8 Å². The van der Waals surface area contributed by atoms with Crippen molar-refractivity contribution in [1.29, 1.82) is 0 Å². The Morgan fingerprint density at radius 2 is 2.00 bits per heavy atom. The van der Waals surface area contributed by atoms with Crippen molar-refractivity contribution in [1.82, 2.24) is 0 Å². The van der Waals surface area contributed by atoms with Gasteiger partial charge in [-0.25, -0.2) is 0 Å². The number of ether oxygens (including phenoxy) is 1. The summed E-state index contributed by atoms with van der Waals surface area (Å²) in [5.74, 6) is 0. The summed E-state index contributed by atoms with van der Waals surface area (Å²) in [5, 5.41) is 0. The van der Waals surface area contributed by atoms with Gasteiger partial charge < -0.3 is 10.5 Å². The predicted molar refractivity (Wildman–Crippen MR) is 60.3 cm³/mol. The fourth-order valence-electron chi connectivity index (χ4n) is 1.22. The predicted octanol–water partition coefficient (Wildman–Crippen LogP) is 2.63.